The van der Waals surface area contributed by atoms with Crippen molar-refractivity contribution in [2.24, 2.45) is 5.92 Å². The summed E-state index contributed by atoms with van der Waals surface area (Å²) in [5.74, 6) is 0.812. The van der Waals surface area contributed by atoms with Crippen LogP contribution in [-0.4, -0.2) is 98.1 Å². The fourth-order valence-corrected chi connectivity index (χ4v) is 5.58. The molecule has 1 aliphatic carbocycles. The van der Waals surface area contributed by atoms with Gasteiger partial charge in [0.2, 0.25) is 0 Å². The third kappa shape index (κ3) is 14.5. The van der Waals surface area contributed by atoms with Gasteiger partial charge in [-0.05, 0) is 12.3 Å². The number of aliphatic hydroxyl groups is 6. The van der Waals surface area contributed by atoms with Crippen LogP contribution < -0.4 is 0 Å². The molecule has 1 fully saturated rings. The van der Waals surface area contributed by atoms with Gasteiger partial charge in [-0.1, -0.05) is 90.9 Å². The second kappa shape index (κ2) is 19.8. The molecule has 0 radical (unpaired) electrons. The molecule has 0 spiro atoms. The lowest BCUT2D eigenvalue weighted by Gasteiger charge is -2.41. The Kier molecular flexibility index (Phi) is 18.7. The van der Waals surface area contributed by atoms with Crippen LogP contribution in [0, 0.1) is 5.92 Å². The summed E-state index contributed by atoms with van der Waals surface area (Å²) in [5, 5.41) is 58.6. The average molecular weight is 573 g/mol. The first kappa shape index (κ1) is 35.9. The maximum absolute atomic E-state index is 12.1. The van der Waals surface area contributed by atoms with E-state index >= 15 is 0 Å². The number of phosphoric ester groups is 1. The lowest BCUT2D eigenvalue weighted by molar-refractivity contribution is -0.220. The van der Waals surface area contributed by atoms with E-state index in [-0.39, 0.29) is 6.61 Å². The van der Waals surface area contributed by atoms with Gasteiger partial charge in [-0.25, -0.2) is 4.57 Å². The minimum Gasteiger partial charge on any atom is -0.388 e. The van der Waals surface area contributed by atoms with Crippen LogP contribution in [0.4, 0.5) is 0 Å². The van der Waals surface area contributed by atoms with Crippen molar-refractivity contribution in [2.45, 2.75) is 140 Å². The topological polar surface area (TPSA) is 186 Å². The minimum atomic E-state index is -4.88. The molecule has 4 unspecified atom stereocenters. The Balaban J connectivity index is 2.06. The molecule has 9 atom stereocenters. The normalized spacial score (nSPS) is 29.2. The van der Waals surface area contributed by atoms with Crippen LogP contribution in [0.25, 0.3) is 0 Å². The summed E-state index contributed by atoms with van der Waals surface area (Å²) in [5.41, 5.74) is 0. The predicted octanol–water partition coefficient (Wildman–Crippen LogP) is 2.41. The highest BCUT2D eigenvalue weighted by molar-refractivity contribution is 7.47. The zero-order chi connectivity index (χ0) is 28.6. The van der Waals surface area contributed by atoms with Crippen molar-refractivity contribution >= 4 is 7.82 Å². The SMILES string of the molecule is CCCCCCCC(C)CCCCCCCCOC[C@@H](O)COP(=O)(O)OC1[C@@H](O)[C@H](O)C(O)[C@H](O)[C@@H]1O. The third-order valence-corrected chi connectivity index (χ3v) is 8.09. The molecule has 0 aromatic rings. The number of hydrogen-bond donors (Lipinski definition) is 7. The van der Waals surface area contributed by atoms with Crippen LogP contribution in [0.3, 0.4) is 0 Å². The standard InChI is InChI=1S/C26H53O11P/c1-3-4-5-8-11-14-19(2)15-12-9-6-7-10-13-16-35-17-20(27)18-36-38(33,34)37-26-24(31)22(29)21(28)23(30)25(26)32/h19-32H,3-18H2,1-2H3,(H,33,34)/t19?,20-,21?,22-,23+,24+,25+,26?/m1/s1. The number of hydrogen-bond acceptors (Lipinski definition) is 10. The zero-order valence-electron chi connectivity index (χ0n) is 23.1. The van der Waals surface area contributed by atoms with Crippen LogP contribution in [0.1, 0.15) is 97.3 Å². The van der Waals surface area contributed by atoms with Crippen LogP contribution in [0.5, 0.6) is 0 Å². The zero-order valence-corrected chi connectivity index (χ0v) is 24.0. The molecule has 7 N–H and O–H groups in total. The van der Waals surface area contributed by atoms with Crippen molar-refractivity contribution in [3.05, 3.63) is 0 Å². The molecule has 0 aromatic carbocycles. The Morgan fingerprint density at radius 2 is 1.18 bits per heavy atom. The quantitative estimate of drug-likeness (QED) is 0.0746. The van der Waals surface area contributed by atoms with E-state index in [0.717, 1.165) is 25.2 Å². The average Bonchev–Trinajstić information content (AvgIpc) is 2.88. The summed E-state index contributed by atoms with van der Waals surface area (Å²) < 4.78 is 26.9. The molecule has 1 saturated carbocycles. The van der Waals surface area contributed by atoms with E-state index < -0.39 is 57.2 Å². The molecule has 0 saturated heterocycles. The second-order valence-electron chi connectivity index (χ2n) is 10.7. The van der Waals surface area contributed by atoms with Gasteiger partial charge in [0, 0.05) is 6.61 Å². The van der Waals surface area contributed by atoms with Gasteiger partial charge < -0.3 is 40.3 Å². The van der Waals surface area contributed by atoms with Gasteiger partial charge in [0.05, 0.1) is 13.2 Å². The van der Waals surface area contributed by atoms with Gasteiger partial charge in [0.15, 0.2) is 0 Å². The Labute approximate surface area is 227 Å². The molecule has 0 bridgehead atoms. The van der Waals surface area contributed by atoms with Crippen LogP contribution in [-0.2, 0) is 18.3 Å². The first-order chi connectivity index (χ1) is 18.0. The first-order valence-corrected chi connectivity index (χ1v) is 15.8. The lowest BCUT2D eigenvalue weighted by Crippen LogP contribution is -2.64. The molecule has 0 aliphatic heterocycles. The molecule has 0 aromatic heterocycles. The van der Waals surface area contributed by atoms with Crippen LogP contribution in [0.2, 0.25) is 0 Å². The molecule has 11 nitrogen and oxygen atoms in total. The molecule has 12 heteroatoms. The molecule has 1 rings (SSSR count). The smallest absolute Gasteiger partial charge is 0.388 e. The van der Waals surface area contributed by atoms with E-state index in [2.05, 4.69) is 22.9 Å². The van der Waals surface area contributed by atoms with Gasteiger partial charge in [0.1, 0.15) is 42.7 Å². The summed E-state index contributed by atoms with van der Waals surface area (Å²) in [6, 6.07) is 0. The van der Waals surface area contributed by atoms with E-state index in [0.29, 0.717) is 6.61 Å². The molecule has 0 amide bonds. The summed E-state index contributed by atoms with van der Waals surface area (Å²) in [6.07, 6.45) is 3.40. The fourth-order valence-electron chi connectivity index (χ4n) is 4.60. The minimum absolute atomic E-state index is 0.116. The highest BCUT2D eigenvalue weighted by Gasteiger charge is 2.51. The summed E-state index contributed by atoms with van der Waals surface area (Å²) >= 11 is 0. The Bertz CT molecular complexity index is 624. The Morgan fingerprint density at radius 1 is 0.711 bits per heavy atom. The van der Waals surface area contributed by atoms with Crippen molar-refractivity contribution < 1.29 is 53.9 Å². The van der Waals surface area contributed by atoms with Gasteiger partial charge in [-0.3, -0.25) is 9.05 Å². The largest absolute Gasteiger partial charge is 0.472 e. The van der Waals surface area contributed by atoms with E-state index in [1.54, 1.807) is 0 Å². The van der Waals surface area contributed by atoms with Gasteiger partial charge >= 0.3 is 7.82 Å². The molecular weight excluding hydrogens is 519 g/mol. The van der Waals surface area contributed by atoms with E-state index in [1.165, 1.54) is 64.2 Å². The number of ether oxygens (including phenoxy) is 1. The van der Waals surface area contributed by atoms with Crippen molar-refractivity contribution in [1.29, 1.82) is 0 Å². The molecule has 0 heterocycles. The Hall–Kier alpha value is -0.170. The molecular formula is C26H53O11P. The van der Waals surface area contributed by atoms with E-state index in [9.17, 15) is 40.1 Å². The fraction of sp³-hybridized carbons (Fsp3) is 1.00. The molecule has 228 valence electrons. The molecule has 38 heavy (non-hydrogen) atoms. The maximum Gasteiger partial charge on any atom is 0.472 e. The second-order valence-corrected chi connectivity index (χ2v) is 12.1. The predicted molar refractivity (Wildman–Crippen MR) is 142 cm³/mol. The highest BCUT2D eigenvalue weighted by atomic mass is 31.2. The van der Waals surface area contributed by atoms with Crippen molar-refractivity contribution in [3.63, 3.8) is 0 Å². The monoisotopic (exact) mass is 572 g/mol. The Morgan fingerprint density at radius 3 is 1.74 bits per heavy atom. The molecule has 1 aliphatic rings. The van der Waals surface area contributed by atoms with Crippen LogP contribution >= 0.6 is 7.82 Å². The van der Waals surface area contributed by atoms with E-state index in [1.807, 2.05) is 0 Å². The van der Waals surface area contributed by atoms with Gasteiger partial charge in [-0.2, -0.15) is 0 Å². The van der Waals surface area contributed by atoms with Gasteiger partial charge in [-0.15, -0.1) is 0 Å². The van der Waals surface area contributed by atoms with Crippen molar-refractivity contribution in [3.8, 4) is 0 Å². The highest BCUT2D eigenvalue weighted by Crippen LogP contribution is 2.47. The number of rotatable bonds is 22. The first-order valence-electron chi connectivity index (χ1n) is 14.3. The maximum atomic E-state index is 12.1. The van der Waals surface area contributed by atoms with Crippen molar-refractivity contribution in [2.75, 3.05) is 19.8 Å². The number of aliphatic hydroxyl groups excluding tert-OH is 6. The number of phosphoric acid groups is 1. The third-order valence-electron chi connectivity index (χ3n) is 7.10. The van der Waals surface area contributed by atoms with E-state index in [4.69, 9.17) is 4.74 Å². The summed E-state index contributed by atoms with van der Waals surface area (Å²) in [4.78, 5) is 9.83. The lowest BCUT2D eigenvalue weighted by atomic mass is 9.85. The summed E-state index contributed by atoms with van der Waals surface area (Å²) in [7, 11) is -4.88. The van der Waals surface area contributed by atoms with Crippen molar-refractivity contribution in [1.82, 2.24) is 0 Å². The summed E-state index contributed by atoms with van der Waals surface area (Å²) in [6.45, 7) is 4.31. The van der Waals surface area contributed by atoms with Crippen LogP contribution in [0.15, 0.2) is 0 Å². The van der Waals surface area contributed by atoms with Gasteiger partial charge in [0.25, 0.3) is 0 Å². The number of unbranched alkanes of at least 4 members (excludes halogenated alkanes) is 9.